The normalized spacial score (nSPS) is 21.7. The first-order valence-corrected chi connectivity index (χ1v) is 6.84. The van der Waals surface area contributed by atoms with Crippen LogP contribution < -0.4 is 0 Å². The van der Waals surface area contributed by atoms with E-state index in [1.807, 2.05) is 0 Å². The summed E-state index contributed by atoms with van der Waals surface area (Å²) in [6.07, 6.45) is 4.59. The molecule has 1 saturated heterocycles. The van der Waals surface area contributed by atoms with E-state index in [0.717, 1.165) is 13.1 Å². The molecule has 0 atom stereocenters. The highest BCUT2D eigenvalue weighted by Crippen LogP contribution is 2.21. The van der Waals surface area contributed by atoms with E-state index in [2.05, 4.69) is 52.4 Å². The van der Waals surface area contributed by atoms with E-state index in [9.17, 15) is 0 Å². The first-order valence-electron chi connectivity index (χ1n) is 6.84. The number of rotatable bonds is 1. The minimum atomic E-state index is 0.663. The van der Waals surface area contributed by atoms with E-state index in [1.165, 1.54) is 37.1 Å². The Balaban J connectivity index is 1.75. The van der Waals surface area contributed by atoms with E-state index in [-0.39, 0.29) is 0 Å². The molecule has 0 aromatic heterocycles. The Morgan fingerprint density at radius 2 is 1.83 bits per heavy atom. The van der Waals surface area contributed by atoms with Crippen LogP contribution in [0, 0.1) is 0 Å². The standard InChI is InChI=1S/C15H21N3/c1-17-8-6-15(7-9-17)18-11-14-5-3-2-4-13(14)10-16-12-18/h2-5,12,15H,6-11H2,1H3. The summed E-state index contributed by atoms with van der Waals surface area (Å²) in [5.41, 5.74) is 2.82. The van der Waals surface area contributed by atoms with Gasteiger partial charge >= 0.3 is 0 Å². The monoisotopic (exact) mass is 243 g/mol. The molecule has 3 rings (SSSR count). The third-order valence-corrected chi connectivity index (χ3v) is 4.12. The fourth-order valence-corrected chi connectivity index (χ4v) is 2.90. The van der Waals surface area contributed by atoms with Gasteiger partial charge in [0.05, 0.1) is 12.9 Å². The molecule has 2 heterocycles. The van der Waals surface area contributed by atoms with Gasteiger partial charge in [-0.2, -0.15) is 0 Å². The molecule has 0 aliphatic carbocycles. The van der Waals surface area contributed by atoms with Crippen molar-refractivity contribution in [3.63, 3.8) is 0 Å². The van der Waals surface area contributed by atoms with Crippen LogP contribution in [0.5, 0.6) is 0 Å². The Morgan fingerprint density at radius 3 is 2.61 bits per heavy atom. The Labute approximate surface area is 109 Å². The molecule has 3 heteroatoms. The maximum atomic E-state index is 4.58. The van der Waals surface area contributed by atoms with Crippen LogP contribution in [0.25, 0.3) is 0 Å². The summed E-state index contributed by atoms with van der Waals surface area (Å²) < 4.78 is 0. The first kappa shape index (κ1) is 11.7. The summed E-state index contributed by atoms with van der Waals surface area (Å²) in [6.45, 7) is 4.26. The van der Waals surface area contributed by atoms with Crippen molar-refractivity contribution in [2.75, 3.05) is 20.1 Å². The van der Waals surface area contributed by atoms with Gasteiger partial charge in [-0.05, 0) is 44.1 Å². The molecule has 0 N–H and O–H groups in total. The molecule has 1 fully saturated rings. The average molecular weight is 243 g/mol. The Kier molecular flexibility index (Phi) is 3.33. The van der Waals surface area contributed by atoms with Crippen LogP contribution in [0.15, 0.2) is 29.3 Å². The highest BCUT2D eigenvalue weighted by Gasteiger charge is 2.22. The highest BCUT2D eigenvalue weighted by molar-refractivity contribution is 5.57. The molecule has 18 heavy (non-hydrogen) atoms. The number of hydrogen-bond acceptors (Lipinski definition) is 3. The largest absolute Gasteiger partial charge is 0.356 e. The Morgan fingerprint density at radius 1 is 1.11 bits per heavy atom. The molecule has 2 aliphatic heterocycles. The zero-order valence-electron chi connectivity index (χ0n) is 11.0. The van der Waals surface area contributed by atoms with E-state index < -0.39 is 0 Å². The van der Waals surface area contributed by atoms with Gasteiger partial charge in [-0.25, -0.2) is 0 Å². The number of fused-ring (bicyclic) bond motifs is 1. The lowest BCUT2D eigenvalue weighted by Crippen LogP contribution is -2.42. The average Bonchev–Trinajstić information content (AvgIpc) is 2.61. The third kappa shape index (κ3) is 2.41. The van der Waals surface area contributed by atoms with Crippen molar-refractivity contribution in [1.82, 2.24) is 9.80 Å². The molecule has 0 spiro atoms. The van der Waals surface area contributed by atoms with Crippen molar-refractivity contribution in [3.05, 3.63) is 35.4 Å². The van der Waals surface area contributed by atoms with Gasteiger partial charge in [0.25, 0.3) is 0 Å². The maximum Gasteiger partial charge on any atom is 0.0859 e. The van der Waals surface area contributed by atoms with Crippen LogP contribution in [-0.2, 0) is 13.1 Å². The molecule has 0 amide bonds. The summed E-state index contributed by atoms with van der Waals surface area (Å²) >= 11 is 0. The SMILES string of the molecule is CN1CCC(N2C=NCc3ccccc3C2)CC1. The minimum Gasteiger partial charge on any atom is -0.356 e. The molecule has 2 aliphatic rings. The summed E-state index contributed by atoms with van der Waals surface area (Å²) in [4.78, 5) is 9.43. The number of hydrogen-bond donors (Lipinski definition) is 0. The van der Waals surface area contributed by atoms with Gasteiger partial charge in [0.2, 0.25) is 0 Å². The highest BCUT2D eigenvalue weighted by atomic mass is 15.2. The van der Waals surface area contributed by atoms with Crippen LogP contribution in [0.1, 0.15) is 24.0 Å². The van der Waals surface area contributed by atoms with Gasteiger partial charge in [-0.1, -0.05) is 24.3 Å². The lowest BCUT2D eigenvalue weighted by molar-refractivity contribution is 0.176. The molecule has 0 saturated carbocycles. The molecular weight excluding hydrogens is 222 g/mol. The van der Waals surface area contributed by atoms with E-state index in [1.54, 1.807) is 0 Å². The summed E-state index contributed by atoms with van der Waals surface area (Å²) in [5, 5.41) is 0. The maximum absolute atomic E-state index is 4.58. The van der Waals surface area contributed by atoms with Gasteiger partial charge in [0, 0.05) is 12.6 Å². The number of benzene rings is 1. The van der Waals surface area contributed by atoms with Crippen molar-refractivity contribution >= 4 is 6.34 Å². The molecule has 0 bridgehead atoms. The Bertz CT molecular complexity index is 433. The van der Waals surface area contributed by atoms with Gasteiger partial charge in [-0.3, -0.25) is 4.99 Å². The second kappa shape index (κ2) is 5.11. The van der Waals surface area contributed by atoms with Crippen LogP contribution >= 0.6 is 0 Å². The zero-order valence-corrected chi connectivity index (χ0v) is 11.0. The van der Waals surface area contributed by atoms with Crippen molar-refractivity contribution in [2.24, 2.45) is 4.99 Å². The zero-order chi connectivity index (χ0) is 12.4. The van der Waals surface area contributed by atoms with Crippen LogP contribution in [0.4, 0.5) is 0 Å². The van der Waals surface area contributed by atoms with E-state index in [0.29, 0.717) is 6.04 Å². The van der Waals surface area contributed by atoms with Gasteiger partial charge in [-0.15, -0.1) is 0 Å². The lowest BCUT2D eigenvalue weighted by Gasteiger charge is -2.36. The fraction of sp³-hybridized carbons (Fsp3) is 0.533. The minimum absolute atomic E-state index is 0.663. The number of nitrogens with zero attached hydrogens (tertiary/aromatic N) is 3. The van der Waals surface area contributed by atoms with Crippen molar-refractivity contribution in [1.29, 1.82) is 0 Å². The van der Waals surface area contributed by atoms with Crippen LogP contribution in [0.3, 0.4) is 0 Å². The van der Waals surface area contributed by atoms with Gasteiger partial charge < -0.3 is 9.80 Å². The molecule has 0 radical (unpaired) electrons. The topological polar surface area (TPSA) is 18.8 Å². The molecule has 96 valence electrons. The smallest absolute Gasteiger partial charge is 0.0859 e. The second-order valence-corrected chi connectivity index (χ2v) is 5.43. The number of aliphatic imine (C=N–C) groups is 1. The summed E-state index contributed by atoms with van der Waals surface area (Å²) in [7, 11) is 2.21. The molecule has 1 aromatic carbocycles. The molecular formula is C15H21N3. The quantitative estimate of drug-likeness (QED) is 0.752. The number of likely N-dealkylation sites (tertiary alicyclic amines) is 1. The predicted octanol–water partition coefficient (Wildman–Crippen LogP) is 2.12. The first-order chi connectivity index (χ1) is 8.83. The molecule has 3 nitrogen and oxygen atoms in total. The van der Waals surface area contributed by atoms with Crippen LogP contribution in [-0.4, -0.2) is 42.3 Å². The van der Waals surface area contributed by atoms with Gasteiger partial charge in [0.1, 0.15) is 0 Å². The fourth-order valence-electron chi connectivity index (χ4n) is 2.90. The van der Waals surface area contributed by atoms with Crippen molar-refractivity contribution in [2.45, 2.75) is 32.0 Å². The van der Waals surface area contributed by atoms with Crippen LogP contribution in [0.2, 0.25) is 0 Å². The van der Waals surface area contributed by atoms with Gasteiger partial charge in [0.15, 0.2) is 0 Å². The molecule has 1 aromatic rings. The summed E-state index contributed by atoms with van der Waals surface area (Å²) in [5.74, 6) is 0. The van der Waals surface area contributed by atoms with Crippen molar-refractivity contribution in [3.8, 4) is 0 Å². The predicted molar refractivity (Wildman–Crippen MR) is 74.7 cm³/mol. The summed E-state index contributed by atoms with van der Waals surface area (Å²) in [6, 6.07) is 9.35. The Hall–Kier alpha value is -1.35. The molecule has 0 unspecified atom stereocenters. The second-order valence-electron chi connectivity index (χ2n) is 5.43. The van der Waals surface area contributed by atoms with E-state index in [4.69, 9.17) is 0 Å². The number of piperidine rings is 1. The lowest BCUT2D eigenvalue weighted by atomic mass is 10.0. The van der Waals surface area contributed by atoms with Crippen molar-refractivity contribution < 1.29 is 0 Å². The van der Waals surface area contributed by atoms with E-state index >= 15 is 0 Å². The third-order valence-electron chi connectivity index (χ3n) is 4.12.